The number of carbonyl (C=O) groups is 1. The van der Waals surface area contributed by atoms with Crippen molar-refractivity contribution >= 4 is 5.78 Å². The van der Waals surface area contributed by atoms with Gasteiger partial charge in [0, 0.05) is 11.5 Å². The van der Waals surface area contributed by atoms with E-state index in [1.165, 1.54) is 0 Å². The van der Waals surface area contributed by atoms with Crippen LogP contribution in [0.3, 0.4) is 0 Å². The number of ketones is 1. The van der Waals surface area contributed by atoms with Crippen molar-refractivity contribution in [3.05, 3.63) is 23.8 Å². The molecule has 16 heavy (non-hydrogen) atoms. The summed E-state index contributed by atoms with van der Waals surface area (Å²) in [5.74, 6) is 1.63. The number of ether oxygens (including phenoxy) is 2. The van der Waals surface area contributed by atoms with E-state index in [2.05, 4.69) is 0 Å². The first-order valence-electron chi connectivity index (χ1n) is 5.66. The van der Waals surface area contributed by atoms with Crippen molar-refractivity contribution in [2.24, 2.45) is 5.92 Å². The minimum atomic E-state index is 0.0579. The van der Waals surface area contributed by atoms with E-state index in [-0.39, 0.29) is 11.7 Å². The normalized spacial score (nSPS) is 15.6. The van der Waals surface area contributed by atoms with E-state index < -0.39 is 0 Å². The lowest BCUT2D eigenvalue weighted by Crippen LogP contribution is -2.16. The summed E-state index contributed by atoms with van der Waals surface area (Å²) in [6.07, 6.45) is 0.854. The summed E-state index contributed by atoms with van der Waals surface area (Å²) in [6.45, 7) is 5.08. The summed E-state index contributed by atoms with van der Waals surface area (Å²) < 4.78 is 10.9. The molecule has 0 saturated carbocycles. The molecule has 3 nitrogen and oxygen atoms in total. The lowest BCUT2D eigenvalue weighted by Gasteiger charge is -2.19. The molecule has 0 amide bonds. The summed E-state index contributed by atoms with van der Waals surface area (Å²) in [5, 5.41) is 0. The Kier molecular flexibility index (Phi) is 3.13. The van der Waals surface area contributed by atoms with Crippen LogP contribution in [0.4, 0.5) is 0 Å². The number of benzene rings is 1. The van der Waals surface area contributed by atoms with Gasteiger partial charge in [0.1, 0.15) is 13.2 Å². The van der Waals surface area contributed by atoms with Crippen LogP contribution in [0.5, 0.6) is 11.5 Å². The topological polar surface area (TPSA) is 35.5 Å². The first-order valence-corrected chi connectivity index (χ1v) is 5.66. The molecule has 86 valence electrons. The summed E-state index contributed by atoms with van der Waals surface area (Å²) >= 11 is 0. The van der Waals surface area contributed by atoms with E-state index in [0.29, 0.717) is 24.5 Å². The van der Waals surface area contributed by atoms with E-state index in [1.54, 1.807) is 6.07 Å². The maximum atomic E-state index is 12.0. The fourth-order valence-electron chi connectivity index (χ4n) is 1.67. The van der Waals surface area contributed by atoms with Crippen LogP contribution < -0.4 is 9.47 Å². The van der Waals surface area contributed by atoms with Crippen LogP contribution in [-0.2, 0) is 0 Å². The van der Waals surface area contributed by atoms with Crippen LogP contribution >= 0.6 is 0 Å². The van der Waals surface area contributed by atoms with Gasteiger partial charge < -0.3 is 9.47 Å². The van der Waals surface area contributed by atoms with Gasteiger partial charge in [-0.2, -0.15) is 0 Å². The first kappa shape index (κ1) is 11.0. The Morgan fingerprint density at radius 1 is 1.31 bits per heavy atom. The Labute approximate surface area is 95.4 Å². The number of hydrogen-bond acceptors (Lipinski definition) is 3. The molecular weight excluding hydrogens is 204 g/mol. The third kappa shape index (κ3) is 2.03. The number of fused-ring (bicyclic) bond motifs is 1. The zero-order chi connectivity index (χ0) is 11.5. The van der Waals surface area contributed by atoms with Crippen LogP contribution in [0.2, 0.25) is 0 Å². The van der Waals surface area contributed by atoms with Crippen molar-refractivity contribution in [3.8, 4) is 11.5 Å². The molecule has 3 heteroatoms. The van der Waals surface area contributed by atoms with Crippen LogP contribution in [0.25, 0.3) is 0 Å². The quantitative estimate of drug-likeness (QED) is 0.735. The molecule has 0 fully saturated rings. The zero-order valence-corrected chi connectivity index (χ0v) is 9.66. The Balaban J connectivity index is 2.26. The van der Waals surface area contributed by atoms with Crippen LogP contribution in [0.15, 0.2) is 18.2 Å². The smallest absolute Gasteiger partial charge is 0.165 e. The molecule has 1 heterocycles. The van der Waals surface area contributed by atoms with Crippen molar-refractivity contribution in [2.45, 2.75) is 20.3 Å². The fourth-order valence-corrected chi connectivity index (χ4v) is 1.67. The summed E-state index contributed by atoms with van der Waals surface area (Å²) in [4.78, 5) is 12.0. The van der Waals surface area contributed by atoms with E-state index in [1.807, 2.05) is 26.0 Å². The standard InChI is InChI=1S/C13H16O3/c1-3-9(2)13(14)10-4-5-11-12(8-10)16-7-6-15-11/h4-5,8-9H,3,6-7H2,1-2H3. The molecule has 0 radical (unpaired) electrons. The predicted molar refractivity (Wildman–Crippen MR) is 61.2 cm³/mol. The molecule has 1 aliphatic rings. The molecule has 1 aromatic carbocycles. The van der Waals surface area contributed by atoms with Gasteiger partial charge in [0.25, 0.3) is 0 Å². The van der Waals surface area contributed by atoms with Gasteiger partial charge in [-0.25, -0.2) is 0 Å². The third-order valence-electron chi connectivity index (χ3n) is 2.89. The predicted octanol–water partition coefficient (Wildman–Crippen LogP) is 2.69. The Morgan fingerprint density at radius 3 is 2.69 bits per heavy atom. The minimum absolute atomic E-state index is 0.0579. The highest BCUT2D eigenvalue weighted by molar-refractivity contribution is 5.98. The highest BCUT2D eigenvalue weighted by Gasteiger charge is 2.17. The van der Waals surface area contributed by atoms with Gasteiger partial charge >= 0.3 is 0 Å². The van der Waals surface area contributed by atoms with Crippen molar-refractivity contribution < 1.29 is 14.3 Å². The molecule has 0 saturated heterocycles. The largest absolute Gasteiger partial charge is 0.486 e. The summed E-state index contributed by atoms with van der Waals surface area (Å²) in [6, 6.07) is 5.40. The summed E-state index contributed by atoms with van der Waals surface area (Å²) in [7, 11) is 0. The van der Waals surface area contributed by atoms with Gasteiger partial charge in [-0.3, -0.25) is 4.79 Å². The van der Waals surface area contributed by atoms with Crippen LogP contribution in [0, 0.1) is 5.92 Å². The maximum absolute atomic E-state index is 12.0. The van der Waals surface area contributed by atoms with Crippen molar-refractivity contribution in [3.63, 3.8) is 0 Å². The average Bonchev–Trinajstić information content (AvgIpc) is 2.36. The number of hydrogen-bond donors (Lipinski definition) is 0. The van der Waals surface area contributed by atoms with E-state index in [0.717, 1.165) is 12.2 Å². The monoisotopic (exact) mass is 220 g/mol. The Morgan fingerprint density at radius 2 is 2.00 bits per heavy atom. The molecule has 1 unspecified atom stereocenters. The second-order valence-corrected chi connectivity index (χ2v) is 4.03. The van der Waals surface area contributed by atoms with E-state index >= 15 is 0 Å². The fraction of sp³-hybridized carbons (Fsp3) is 0.462. The molecular formula is C13H16O3. The van der Waals surface area contributed by atoms with E-state index in [4.69, 9.17) is 9.47 Å². The van der Waals surface area contributed by atoms with Gasteiger partial charge in [-0.05, 0) is 24.6 Å². The number of Topliss-reactive ketones (excluding diaryl/α,β-unsaturated/α-hetero) is 1. The highest BCUT2D eigenvalue weighted by Crippen LogP contribution is 2.31. The lowest BCUT2D eigenvalue weighted by molar-refractivity contribution is 0.0926. The van der Waals surface area contributed by atoms with Crippen LogP contribution in [0.1, 0.15) is 30.6 Å². The number of rotatable bonds is 3. The SMILES string of the molecule is CCC(C)C(=O)c1ccc2c(c1)OCCO2. The summed E-state index contributed by atoms with van der Waals surface area (Å²) in [5.41, 5.74) is 0.707. The molecule has 0 aromatic heterocycles. The van der Waals surface area contributed by atoms with Gasteiger partial charge in [0.15, 0.2) is 17.3 Å². The average molecular weight is 220 g/mol. The molecule has 0 N–H and O–H groups in total. The second kappa shape index (κ2) is 4.56. The van der Waals surface area contributed by atoms with Crippen molar-refractivity contribution in [2.75, 3.05) is 13.2 Å². The Hall–Kier alpha value is -1.51. The second-order valence-electron chi connectivity index (χ2n) is 4.03. The third-order valence-corrected chi connectivity index (χ3v) is 2.89. The molecule has 2 rings (SSSR count). The molecule has 1 atom stereocenters. The Bertz CT molecular complexity index is 398. The molecule has 0 bridgehead atoms. The van der Waals surface area contributed by atoms with Crippen LogP contribution in [-0.4, -0.2) is 19.0 Å². The van der Waals surface area contributed by atoms with Crippen molar-refractivity contribution in [1.29, 1.82) is 0 Å². The van der Waals surface area contributed by atoms with Crippen molar-refractivity contribution in [1.82, 2.24) is 0 Å². The molecule has 0 aliphatic carbocycles. The van der Waals surface area contributed by atoms with Gasteiger partial charge in [-0.15, -0.1) is 0 Å². The first-order chi connectivity index (χ1) is 7.72. The van der Waals surface area contributed by atoms with Gasteiger partial charge in [0.05, 0.1) is 0 Å². The lowest BCUT2D eigenvalue weighted by atomic mass is 9.97. The van der Waals surface area contributed by atoms with Gasteiger partial charge in [-0.1, -0.05) is 13.8 Å². The molecule has 1 aliphatic heterocycles. The maximum Gasteiger partial charge on any atom is 0.165 e. The number of carbonyl (C=O) groups excluding carboxylic acids is 1. The zero-order valence-electron chi connectivity index (χ0n) is 9.66. The molecule has 0 spiro atoms. The van der Waals surface area contributed by atoms with E-state index in [9.17, 15) is 4.79 Å². The van der Waals surface area contributed by atoms with Gasteiger partial charge in [0.2, 0.25) is 0 Å². The minimum Gasteiger partial charge on any atom is -0.486 e. The highest BCUT2D eigenvalue weighted by atomic mass is 16.6. The molecule has 1 aromatic rings.